The van der Waals surface area contributed by atoms with Crippen LogP contribution in [0, 0.1) is 11.7 Å². The molecule has 0 saturated carbocycles. The highest BCUT2D eigenvalue weighted by molar-refractivity contribution is 5.78. The Bertz CT molecular complexity index is 414. The van der Waals surface area contributed by atoms with Crippen molar-refractivity contribution in [2.24, 2.45) is 5.92 Å². The maximum absolute atomic E-state index is 13.0. The third-order valence-electron chi connectivity index (χ3n) is 2.99. The van der Waals surface area contributed by atoms with Gasteiger partial charge in [-0.1, -0.05) is 19.9 Å². The molecular formula is C13H16FNO. The molecule has 0 unspecified atom stereocenters. The van der Waals surface area contributed by atoms with Gasteiger partial charge in [-0.05, 0) is 29.7 Å². The smallest absolute Gasteiger partial charge is 0.225 e. The molecular weight excluding hydrogens is 205 g/mol. The first kappa shape index (κ1) is 11.1. The van der Waals surface area contributed by atoms with E-state index in [4.69, 9.17) is 0 Å². The second kappa shape index (κ2) is 4.24. The Labute approximate surface area is 95.1 Å². The van der Waals surface area contributed by atoms with Gasteiger partial charge in [-0.25, -0.2) is 4.39 Å². The Kier molecular flexibility index (Phi) is 2.95. The molecule has 0 aromatic heterocycles. The fourth-order valence-corrected chi connectivity index (χ4v) is 2.07. The lowest BCUT2D eigenvalue weighted by atomic mass is 9.98. The summed E-state index contributed by atoms with van der Waals surface area (Å²) >= 11 is 0. The topological polar surface area (TPSA) is 20.3 Å². The SMILES string of the molecule is CC(C)C(=O)N1CCc2cc(F)ccc2C1. The highest BCUT2D eigenvalue weighted by Crippen LogP contribution is 2.21. The molecule has 0 radical (unpaired) electrons. The second-order valence-electron chi connectivity index (χ2n) is 4.58. The van der Waals surface area contributed by atoms with E-state index in [0.29, 0.717) is 13.1 Å². The van der Waals surface area contributed by atoms with Gasteiger partial charge in [0.2, 0.25) is 5.91 Å². The summed E-state index contributed by atoms with van der Waals surface area (Å²) in [5.41, 5.74) is 2.11. The molecule has 3 heteroatoms. The summed E-state index contributed by atoms with van der Waals surface area (Å²) in [7, 11) is 0. The molecule has 0 bridgehead atoms. The summed E-state index contributed by atoms with van der Waals surface area (Å²) in [4.78, 5) is 13.7. The number of hydrogen-bond donors (Lipinski definition) is 0. The first-order valence-electron chi connectivity index (χ1n) is 5.64. The van der Waals surface area contributed by atoms with E-state index in [1.165, 1.54) is 6.07 Å². The molecule has 1 aliphatic heterocycles. The van der Waals surface area contributed by atoms with Crippen LogP contribution in [0.3, 0.4) is 0 Å². The van der Waals surface area contributed by atoms with Gasteiger partial charge in [0.25, 0.3) is 0 Å². The minimum absolute atomic E-state index is 0.0296. The van der Waals surface area contributed by atoms with Crippen LogP contribution in [0.25, 0.3) is 0 Å². The second-order valence-corrected chi connectivity index (χ2v) is 4.58. The van der Waals surface area contributed by atoms with Crippen LogP contribution in [0.5, 0.6) is 0 Å². The van der Waals surface area contributed by atoms with Crippen molar-refractivity contribution in [2.45, 2.75) is 26.8 Å². The summed E-state index contributed by atoms with van der Waals surface area (Å²) in [6.45, 7) is 5.13. The third-order valence-corrected chi connectivity index (χ3v) is 2.99. The van der Waals surface area contributed by atoms with Crippen LogP contribution in [-0.2, 0) is 17.8 Å². The first-order valence-corrected chi connectivity index (χ1v) is 5.64. The maximum atomic E-state index is 13.0. The van der Waals surface area contributed by atoms with E-state index in [9.17, 15) is 9.18 Å². The van der Waals surface area contributed by atoms with Crippen molar-refractivity contribution < 1.29 is 9.18 Å². The number of rotatable bonds is 1. The zero-order valence-corrected chi connectivity index (χ0v) is 9.66. The summed E-state index contributed by atoms with van der Waals surface area (Å²) in [5, 5.41) is 0. The van der Waals surface area contributed by atoms with E-state index < -0.39 is 0 Å². The Morgan fingerprint density at radius 2 is 2.12 bits per heavy atom. The fraction of sp³-hybridized carbons (Fsp3) is 0.462. The van der Waals surface area contributed by atoms with Crippen molar-refractivity contribution in [3.05, 3.63) is 35.1 Å². The Balaban J connectivity index is 2.18. The van der Waals surface area contributed by atoms with E-state index in [0.717, 1.165) is 17.5 Å². The van der Waals surface area contributed by atoms with Gasteiger partial charge in [0.15, 0.2) is 0 Å². The molecule has 0 atom stereocenters. The highest BCUT2D eigenvalue weighted by Gasteiger charge is 2.22. The summed E-state index contributed by atoms with van der Waals surface area (Å²) in [5.74, 6) is 0.0133. The molecule has 2 rings (SSSR count). The number of hydrogen-bond acceptors (Lipinski definition) is 1. The van der Waals surface area contributed by atoms with Crippen molar-refractivity contribution in [1.29, 1.82) is 0 Å². The van der Waals surface area contributed by atoms with Crippen molar-refractivity contribution in [3.8, 4) is 0 Å². The Morgan fingerprint density at radius 3 is 2.81 bits per heavy atom. The Morgan fingerprint density at radius 1 is 1.38 bits per heavy atom. The standard InChI is InChI=1S/C13H16FNO/c1-9(2)13(16)15-6-5-10-7-12(14)4-3-11(10)8-15/h3-4,7,9H,5-6,8H2,1-2H3. The molecule has 1 amide bonds. The molecule has 0 saturated heterocycles. The van der Waals surface area contributed by atoms with Crippen molar-refractivity contribution in [3.63, 3.8) is 0 Å². The van der Waals surface area contributed by atoms with Gasteiger partial charge < -0.3 is 4.90 Å². The number of nitrogens with zero attached hydrogens (tertiary/aromatic N) is 1. The predicted molar refractivity (Wildman–Crippen MR) is 60.4 cm³/mol. The normalized spacial score (nSPS) is 15.1. The molecule has 16 heavy (non-hydrogen) atoms. The lowest BCUT2D eigenvalue weighted by Gasteiger charge is -2.30. The number of halogens is 1. The van der Waals surface area contributed by atoms with Gasteiger partial charge in [0.05, 0.1) is 0 Å². The average molecular weight is 221 g/mol. The van der Waals surface area contributed by atoms with Crippen molar-refractivity contribution in [1.82, 2.24) is 4.90 Å². The first-order chi connectivity index (χ1) is 7.58. The zero-order chi connectivity index (χ0) is 11.7. The maximum Gasteiger partial charge on any atom is 0.225 e. The van der Waals surface area contributed by atoms with Gasteiger partial charge in [-0.3, -0.25) is 4.79 Å². The monoisotopic (exact) mass is 221 g/mol. The highest BCUT2D eigenvalue weighted by atomic mass is 19.1. The predicted octanol–water partition coefficient (Wildman–Crippen LogP) is 2.37. The van der Waals surface area contributed by atoms with E-state index in [1.54, 1.807) is 12.1 Å². The molecule has 86 valence electrons. The number of fused-ring (bicyclic) bond motifs is 1. The molecule has 0 aliphatic carbocycles. The Hall–Kier alpha value is -1.38. The lowest BCUT2D eigenvalue weighted by Crippen LogP contribution is -2.38. The van der Waals surface area contributed by atoms with Gasteiger partial charge in [-0.15, -0.1) is 0 Å². The average Bonchev–Trinajstić information content (AvgIpc) is 2.27. The number of carbonyl (C=O) groups excluding carboxylic acids is 1. The van der Waals surface area contributed by atoms with Gasteiger partial charge in [-0.2, -0.15) is 0 Å². The van der Waals surface area contributed by atoms with Crippen LogP contribution in [0.1, 0.15) is 25.0 Å². The van der Waals surface area contributed by atoms with Gasteiger partial charge >= 0.3 is 0 Å². The molecule has 1 aromatic carbocycles. The fourth-order valence-electron chi connectivity index (χ4n) is 2.07. The molecule has 0 N–H and O–H groups in total. The van der Waals surface area contributed by atoms with Crippen molar-refractivity contribution >= 4 is 5.91 Å². The van der Waals surface area contributed by atoms with E-state index in [2.05, 4.69) is 0 Å². The zero-order valence-electron chi connectivity index (χ0n) is 9.66. The molecule has 0 spiro atoms. The van der Waals surface area contributed by atoms with Crippen LogP contribution in [0.4, 0.5) is 4.39 Å². The molecule has 1 aliphatic rings. The van der Waals surface area contributed by atoms with Gasteiger partial charge in [0, 0.05) is 19.0 Å². The van der Waals surface area contributed by atoms with Crippen LogP contribution in [-0.4, -0.2) is 17.4 Å². The molecule has 1 aromatic rings. The van der Waals surface area contributed by atoms with Crippen LogP contribution in [0.2, 0.25) is 0 Å². The third kappa shape index (κ3) is 2.08. The van der Waals surface area contributed by atoms with Crippen LogP contribution >= 0.6 is 0 Å². The molecule has 0 fully saturated rings. The number of benzene rings is 1. The van der Waals surface area contributed by atoms with Crippen LogP contribution in [0.15, 0.2) is 18.2 Å². The largest absolute Gasteiger partial charge is 0.338 e. The number of carbonyl (C=O) groups is 1. The van der Waals surface area contributed by atoms with E-state index >= 15 is 0 Å². The van der Waals surface area contributed by atoms with Gasteiger partial charge in [0.1, 0.15) is 5.82 Å². The molecule has 1 heterocycles. The van der Waals surface area contributed by atoms with E-state index in [1.807, 2.05) is 18.7 Å². The minimum atomic E-state index is -0.192. The van der Waals surface area contributed by atoms with Crippen LogP contribution < -0.4 is 0 Å². The lowest BCUT2D eigenvalue weighted by molar-refractivity contribution is -0.135. The summed E-state index contributed by atoms with van der Waals surface area (Å²) < 4.78 is 13.0. The number of amides is 1. The molecule has 2 nitrogen and oxygen atoms in total. The van der Waals surface area contributed by atoms with E-state index in [-0.39, 0.29) is 17.6 Å². The summed E-state index contributed by atoms with van der Waals surface area (Å²) in [6, 6.07) is 4.82. The quantitative estimate of drug-likeness (QED) is 0.713. The summed E-state index contributed by atoms with van der Waals surface area (Å²) in [6.07, 6.45) is 0.756. The minimum Gasteiger partial charge on any atom is -0.338 e. The van der Waals surface area contributed by atoms with Crippen molar-refractivity contribution in [2.75, 3.05) is 6.54 Å².